The van der Waals surface area contributed by atoms with E-state index >= 15 is 0 Å². The summed E-state index contributed by atoms with van der Waals surface area (Å²) in [5.41, 5.74) is 1.90. The van der Waals surface area contributed by atoms with Crippen molar-refractivity contribution in [2.45, 2.75) is 6.67 Å². The van der Waals surface area contributed by atoms with Crippen molar-refractivity contribution in [3.05, 3.63) is 29.8 Å². The first kappa shape index (κ1) is 9.46. The largest absolute Gasteiger partial charge is 0.378 e. The number of anilines is 1. The molecule has 0 N–H and O–H groups in total. The molecule has 2 rings (SSSR count). The Morgan fingerprint density at radius 2 is 1.79 bits per heavy atom. The van der Waals surface area contributed by atoms with E-state index in [4.69, 9.17) is 4.74 Å². The third-order valence-corrected chi connectivity index (χ3v) is 2.47. The lowest BCUT2D eigenvalue weighted by Gasteiger charge is -2.28. The Labute approximate surface area is 83.3 Å². The van der Waals surface area contributed by atoms with Crippen molar-refractivity contribution in [2.75, 3.05) is 31.2 Å². The van der Waals surface area contributed by atoms with Gasteiger partial charge >= 0.3 is 0 Å². The molecule has 0 radical (unpaired) electrons. The smallest absolute Gasteiger partial charge is 0.115 e. The Morgan fingerprint density at radius 1 is 1.14 bits per heavy atom. The molecule has 0 spiro atoms. The van der Waals surface area contributed by atoms with Crippen molar-refractivity contribution in [2.24, 2.45) is 0 Å². The zero-order valence-electron chi connectivity index (χ0n) is 8.08. The van der Waals surface area contributed by atoms with Gasteiger partial charge in [0.2, 0.25) is 0 Å². The highest BCUT2D eigenvalue weighted by molar-refractivity contribution is 5.47. The van der Waals surface area contributed by atoms with E-state index in [9.17, 15) is 4.39 Å². The number of rotatable bonds is 2. The van der Waals surface area contributed by atoms with Crippen molar-refractivity contribution in [1.82, 2.24) is 0 Å². The normalized spacial score (nSPS) is 17.1. The van der Waals surface area contributed by atoms with Crippen molar-refractivity contribution in [1.29, 1.82) is 0 Å². The van der Waals surface area contributed by atoms with Gasteiger partial charge in [0.05, 0.1) is 13.2 Å². The van der Waals surface area contributed by atoms with Crippen molar-refractivity contribution in [3.63, 3.8) is 0 Å². The second-order valence-corrected chi connectivity index (χ2v) is 3.40. The van der Waals surface area contributed by atoms with E-state index in [-0.39, 0.29) is 6.67 Å². The Hall–Kier alpha value is -1.09. The van der Waals surface area contributed by atoms with Gasteiger partial charge in [0.15, 0.2) is 0 Å². The van der Waals surface area contributed by atoms with Gasteiger partial charge < -0.3 is 9.64 Å². The van der Waals surface area contributed by atoms with Gasteiger partial charge in [-0.15, -0.1) is 0 Å². The van der Waals surface area contributed by atoms with Gasteiger partial charge in [-0.25, -0.2) is 4.39 Å². The minimum absolute atomic E-state index is 0.386. The molecular formula is C11H14FNO. The molecule has 3 heteroatoms. The van der Waals surface area contributed by atoms with E-state index in [1.807, 2.05) is 24.3 Å². The molecule has 0 bridgehead atoms. The van der Waals surface area contributed by atoms with Crippen LogP contribution in [0.5, 0.6) is 0 Å². The fourth-order valence-corrected chi connectivity index (χ4v) is 1.62. The molecule has 0 amide bonds. The number of alkyl halides is 1. The molecule has 1 saturated heterocycles. The van der Waals surface area contributed by atoms with Crippen LogP contribution in [-0.4, -0.2) is 26.3 Å². The summed E-state index contributed by atoms with van der Waals surface area (Å²) in [5, 5.41) is 0. The molecule has 0 saturated carbocycles. The summed E-state index contributed by atoms with van der Waals surface area (Å²) in [7, 11) is 0. The monoisotopic (exact) mass is 195 g/mol. The van der Waals surface area contributed by atoms with Crippen LogP contribution in [0.4, 0.5) is 10.1 Å². The van der Waals surface area contributed by atoms with Crippen LogP contribution < -0.4 is 4.90 Å². The van der Waals surface area contributed by atoms with E-state index in [1.165, 1.54) is 0 Å². The van der Waals surface area contributed by atoms with E-state index in [2.05, 4.69) is 4.90 Å². The number of hydrogen-bond acceptors (Lipinski definition) is 2. The Bertz CT molecular complexity index is 280. The molecule has 0 atom stereocenters. The highest BCUT2D eigenvalue weighted by Crippen LogP contribution is 2.16. The van der Waals surface area contributed by atoms with Crippen LogP contribution in [0.1, 0.15) is 5.56 Å². The number of ether oxygens (including phenoxy) is 1. The summed E-state index contributed by atoms with van der Waals surface area (Å²) in [5.74, 6) is 0. The van der Waals surface area contributed by atoms with Gasteiger partial charge in [0.1, 0.15) is 6.67 Å². The zero-order chi connectivity index (χ0) is 9.80. The number of benzene rings is 1. The lowest BCUT2D eigenvalue weighted by molar-refractivity contribution is 0.122. The summed E-state index contributed by atoms with van der Waals surface area (Å²) in [6.45, 7) is 3.03. The van der Waals surface area contributed by atoms with Crippen molar-refractivity contribution >= 4 is 5.69 Å². The van der Waals surface area contributed by atoms with E-state index in [1.54, 1.807) is 0 Å². The molecule has 1 heterocycles. The van der Waals surface area contributed by atoms with Gasteiger partial charge in [-0.05, 0) is 17.7 Å². The molecule has 0 aromatic heterocycles. The fourth-order valence-electron chi connectivity index (χ4n) is 1.62. The Balaban J connectivity index is 2.07. The molecule has 1 aromatic rings. The molecule has 0 unspecified atom stereocenters. The number of nitrogens with zero attached hydrogens (tertiary/aromatic N) is 1. The first-order valence-electron chi connectivity index (χ1n) is 4.88. The molecule has 1 aliphatic rings. The first-order chi connectivity index (χ1) is 6.90. The molecule has 76 valence electrons. The van der Waals surface area contributed by atoms with Gasteiger partial charge in [-0.1, -0.05) is 12.1 Å². The maximum Gasteiger partial charge on any atom is 0.115 e. The van der Waals surface area contributed by atoms with Crippen LogP contribution in [0.25, 0.3) is 0 Å². The van der Waals surface area contributed by atoms with Crippen LogP contribution in [0.15, 0.2) is 24.3 Å². The first-order valence-corrected chi connectivity index (χ1v) is 4.88. The van der Waals surface area contributed by atoms with Crippen LogP contribution in [-0.2, 0) is 11.4 Å². The third-order valence-electron chi connectivity index (χ3n) is 2.47. The minimum Gasteiger partial charge on any atom is -0.378 e. The third kappa shape index (κ3) is 2.04. The minimum atomic E-state index is -0.386. The highest BCUT2D eigenvalue weighted by atomic mass is 19.1. The highest BCUT2D eigenvalue weighted by Gasteiger charge is 2.10. The van der Waals surface area contributed by atoms with Gasteiger partial charge in [0, 0.05) is 18.8 Å². The van der Waals surface area contributed by atoms with E-state index in [0.717, 1.165) is 37.6 Å². The quantitative estimate of drug-likeness (QED) is 0.715. The number of halogens is 1. The topological polar surface area (TPSA) is 12.5 Å². The predicted molar refractivity (Wildman–Crippen MR) is 54.3 cm³/mol. The maximum atomic E-state index is 12.3. The predicted octanol–water partition coefficient (Wildman–Crippen LogP) is 1.99. The molecule has 14 heavy (non-hydrogen) atoms. The Morgan fingerprint density at radius 3 is 2.36 bits per heavy atom. The molecule has 1 aliphatic heterocycles. The second kappa shape index (κ2) is 4.42. The molecule has 0 aliphatic carbocycles. The SMILES string of the molecule is FCc1ccc(N2CCOCC2)cc1. The summed E-state index contributed by atoms with van der Waals surface area (Å²) in [6, 6.07) is 7.62. The number of morpholine rings is 1. The van der Waals surface area contributed by atoms with Crippen molar-refractivity contribution in [3.8, 4) is 0 Å². The molecule has 1 aromatic carbocycles. The van der Waals surface area contributed by atoms with E-state index in [0.29, 0.717) is 0 Å². The summed E-state index contributed by atoms with van der Waals surface area (Å²) < 4.78 is 17.5. The molecule has 2 nitrogen and oxygen atoms in total. The van der Waals surface area contributed by atoms with Gasteiger partial charge in [0.25, 0.3) is 0 Å². The average Bonchev–Trinajstić information content (AvgIpc) is 2.30. The van der Waals surface area contributed by atoms with Gasteiger partial charge in [-0.3, -0.25) is 0 Å². The summed E-state index contributed by atoms with van der Waals surface area (Å²) in [6.07, 6.45) is 0. The van der Waals surface area contributed by atoms with E-state index < -0.39 is 0 Å². The standard InChI is InChI=1S/C11H14FNO/c12-9-10-1-3-11(4-2-10)13-5-7-14-8-6-13/h1-4H,5-9H2. The summed E-state index contributed by atoms with van der Waals surface area (Å²) >= 11 is 0. The second-order valence-electron chi connectivity index (χ2n) is 3.40. The maximum absolute atomic E-state index is 12.3. The molecular weight excluding hydrogens is 181 g/mol. The van der Waals surface area contributed by atoms with Crippen LogP contribution in [0.2, 0.25) is 0 Å². The summed E-state index contributed by atoms with van der Waals surface area (Å²) in [4.78, 5) is 2.26. The average molecular weight is 195 g/mol. The lowest BCUT2D eigenvalue weighted by Crippen LogP contribution is -2.36. The van der Waals surface area contributed by atoms with Crippen molar-refractivity contribution < 1.29 is 9.13 Å². The zero-order valence-corrected chi connectivity index (χ0v) is 8.08. The van der Waals surface area contributed by atoms with Crippen LogP contribution >= 0.6 is 0 Å². The number of hydrogen-bond donors (Lipinski definition) is 0. The Kier molecular flexibility index (Phi) is 2.99. The van der Waals surface area contributed by atoms with Crippen LogP contribution in [0, 0.1) is 0 Å². The molecule has 1 fully saturated rings. The van der Waals surface area contributed by atoms with Gasteiger partial charge in [-0.2, -0.15) is 0 Å². The fraction of sp³-hybridized carbons (Fsp3) is 0.455. The van der Waals surface area contributed by atoms with Crippen LogP contribution in [0.3, 0.4) is 0 Å². The lowest BCUT2D eigenvalue weighted by atomic mass is 10.2.